The molecule has 0 unspecified atom stereocenters. The van der Waals surface area contributed by atoms with E-state index in [1.54, 1.807) is 0 Å². The van der Waals surface area contributed by atoms with E-state index in [0.717, 1.165) is 18.6 Å². The molecule has 2 rings (SSSR count). The van der Waals surface area contributed by atoms with Crippen LogP contribution < -0.4 is 0 Å². The van der Waals surface area contributed by atoms with E-state index in [-0.39, 0.29) is 5.60 Å². The van der Waals surface area contributed by atoms with Gasteiger partial charge in [0.1, 0.15) is 11.4 Å². The second kappa shape index (κ2) is 2.13. The molecule has 0 aromatic carbocycles. The molecule has 0 bridgehead atoms. The second-order valence-electron chi connectivity index (χ2n) is 3.91. The summed E-state index contributed by atoms with van der Waals surface area (Å²) in [4.78, 5) is 0. The number of ether oxygens (including phenoxy) is 1. The third-order valence-electron chi connectivity index (χ3n) is 2.21. The van der Waals surface area contributed by atoms with Crippen LogP contribution in [-0.4, -0.2) is 5.60 Å². The van der Waals surface area contributed by atoms with Crippen molar-refractivity contribution in [3.8, 4) is 0 Å². The van der Waals surface area contributed by atoms with Gasteiger partial charge in [0.2, 0.25) is 0 Å². The first-order chi connectivity index (χ1) is 5.17. The van der Waals surface area contributed by atoms with Crippen LogP contribution in [0, 0.1) is 0 Å². The molecule has 1 aliphatic carbocycles. The zero-order valence-electron chi connectivity index (χ0n) is 7.18. The Morgan fingerprint density at radius 1 is 1.27 bits per heavy atom. The molecule has 0 radical (unpaired) electrons. The quantitative estimate of drug-likeness (QED) is 0.516. The Labute approximate surface area is 67.7 Å². The Morgan fingerprint density at radius 2 is 2.00 bits per heavy atom. The zero-order chi connectivity index (χ0) is 7.90. The minimum Gasteiger partial charge on any atom is -0.488 e. The Balaban J connectivity index is 2.29. The molecule has 0 aromatic rings. The average Bonchev–Trinajstić information content (AvgIpc) is 2.21. The molecule has 0 saturated carbocycles. The van der Waals surface area contributed by atoms with Crippen molar-refractivity contribution in [2.24, 2.45) is 0 Å². The van der Waals surface area contributed by atoms with E-state index in [1.165, 1.54) is 12.0 Å². The van der Waals surface area contributed by atoms with Gasteiger partial charge in [-0.15, -0.1) is 0 Å². The van der Waals surface area contributed by atoms with Gasteiger partial charge in [0.25, 0.3) is 0 Å². The van der Waals surface area contributed by atoms with Gasteiger partial charge in [-0.2, -0.15) is 0 Å². The van der Waals surface area contributed by atoms with Crippen molar-refractivity contribution in [2.45, 2.75) is 38.7 Å². The lowest BCUT2D eigenvalue weighted by Crippen LogP contribution is -2.15. The predicted molar refractivity (Wildman–Crippen MR) is 45.2 cm³/mol. The van der Waals surface area contributed by atoms with Crippen molar-refractivity contribution in [1.82, 2.24) is 0 Å². The minimum atomic E-state index is 0.0437. The fraction of sp³-hybridized carbons (Fsp3) is 0.600. The molecule has 1 saturated heterocycles. The summed E-state index contributed by atoms with van der Waals surface area (Å²) >= 11 is 0. The minimum absolute atomic E-state index is 0.0437. The molecule has 0 spiro atoms. The highest BCUT2D eigenvalue weighted by atomic mass is 16.5. The molecule has 1 heteroatoms. The summed E-state index contributed by atoms with van der Waals surface area (Å²) in [5.74, 6) is 1.14. The van der Waals surface area contributed by atoms with Crippen molar-refractivity contribution in [1.29, 1.82) is 0 Å². The summed E-state index contributed by atoms with van der Waals surface area (Å²) in [5.41, 5.74) is 1.46. The predicted octanol–water partition coefficient (Wildman–Crippen LogP) is 2.79. The highest BCUT2D eigenvalue weighted by Crippen LogP contribution is 2.38. The van der Waals surface area contributed by atoms with Crippen LogP contribution in [0.1, 0.15) is 33.1 Å². The fourth-order valence-electron chi connectivity index (χ4n) is 1.76. The van der Waals surface area contributed by atoms with Crippen molar-refractivity contribution in [3.63, 3.8) is 0 Å². The van der Waals surface area contributed by atoms with Crippen LogP contribution in [-0.2, 0) is 4.74 Å². The number of rotatable bonds is 0. The molecule has 11 heavy (non-hydrogen) atoms. The van der Waals surface area contributed by atoms with E-state index in [4.69, 9.17) is 4.74 Å². The van der Waals surface area contributed by atoms with Crippen LogP contribution in [0.2, 0.25) is 0 Å². The summed E-state index contributed by atoms with van der Waals surface area (Å²) in [6, 6.07) is 0. The normalized spacial score (nSPS) is 26.7. The highest BCUT2D eigenvalue weighted by Gasteiger charge is 2.32. The lowest BCUT2D eigenvalue weighted by atomic mass is 9.98. The first-order valence-corrected chi connectivity index (χ1v) is 4.26. The molecular formula is C10H14O. The van der Waals surface area contributed by atoms with E-state index in [1.807, 2.05) is 0 Å². The van der Waals surface area contributed by atoms with E-state index in [0.29, 0.717) is 0 Å². The Bertz CT molecular complexity index is 209. The van der Waals surface area contributed by atoms with Crippen molar-refractivity contribution in [2.75, 3.05) is 0 Å². The SMILES string of the molecule is CC1(C)CC2=CCCC=C2O1. The third-order valence-corrected chi connectivity index (χ3v) is 2.21. The standard InChI is InChI=1S/C10H14O/c1-10(2)7-8-5-3-4-6-9(8)11-10/h5-6H,3-4,7H2,1-2H3. The van der Waals surface area contributed by atoms with E-state index in [2.05, 4.69) is 26.0 Å². The van der Waals surface area contributed by atoms with Crippen LogP contribution in [0.3, 0.4) is 0 Å². The lowest BCUT2D eigenvalue weighted by Gasteiger charge is -2.16. The Morgan fingerprint density at radius 3 is 2.73 bits per heavy atom. The Kier molecular flexibility index (Phi) is 1.35. The molecule has 1 heterocycles. The van der Waals surface area contributed by atoms with Gasteiger partial charge in [-0.1, -0.05) is 6.08 Å². The maximum absolute atomic E-state index is 5.75. The van der Waals surface area contributed by atoms with Gasteiger partial charge in [0.15, 0.2) is 0 Å². The summed E-state index contributed by atoms with van der Waals surface area (Å²) in [7, 11) is 0. The number of hydrogen-bond donors (Lipinski definition) is 0. The van der Waals surface area contributed by atoms with Gasteiger partial charge in [-0.3, -0.25) is 0 Å². The first kappa shape index (κ1) is 6.96. The summed E-state index contributed by atoms with van der Waals surface area (Å²) in [5, 5.41) is 0. The van der Waals surface area contributed by atoms with Gasteiger partial charge in [-0.25, -0.2) is 0 Å². The van der Waals surface area contributed by atoms with E-state index >= 15 is 0 Å². The molecule has 1 aliphatic heterocycles. The molecule has 1 fully saturated rings. The topological polar surface area (TPSA) is 9.23 Å². The van der Waals surface area contributed by atoms with Gasteiger partial charge in [0, 0.05) is 6.42 Å². The van der Waals surface area contributed by atoms with Crippen molar-refractivity contribution in [3.05, 3.63) is 23.5 Å². The van der Waals surface area contributed by atoms with Crippen LogP contribution in [0.4, 0.5) is 0 Å². The monoisotopic (exact) mass is 150 g/mol. The molecule has 0 N–H and O–H groups in total. The van der Waals surface area contributed by atoms with Crippen LogP contribution >= 0.6 is 0 Å². The van der Waals surface area contributed by atoms with Crippen LogP contribution in [0.15, 0.2) is 23.5 Å². The van der Waals surface area contributed by atoms with Crippen molar-refractivity contribution < 1.29 is 4.74 Å². The fourth-order valence-corrected chi connectivity index (χ4v) is 1.76. The van der Waals surface area contributed by atoms with Crippen LogP contribution in [0.5, 0.6) is 0 Å². The second-order valence-corrected chi connectivity index (χ2v) is 3.91. The summed E-state index contributed by atoms with van der Waals surface area (Å²) < 4.78 is 5.75. The summed E-state index contributed by atoms with van der Waals surface area (Å²) in [6.07, 6.45) is 7.94. The largest absolute Gasteiger partial charge is 0.488 e. The average molecular weight is 150 g/mol. The first-order valence-electron chi connectivity index (χ1n) is 4.26. The van der Waals surface area contributed by atoms with Gasteiger partial charge < -0.3 is 4.74 Å². The summed E-state index contributed by atoms with van der Waals surface area (Å²) in [6.45, 7) is 4.29. The molecule has 2 aliphatic rings. The number of hydrogen-bond acceptors (Lipinski definition) is 1. The van der Waals surface area contributed by atoms with Gasteiger partial charge in [0.05, 0.1) is 0 Å². The van der Waals surface area contributed by atoms with E-state index in [9.17, 15) is 0 Å². The maximum Gasteiger partial charge on any atom is 0.119 e. The molecule has 0 aromatic heterocycles. The smallest absolute Gasteiger partial charge is 0.119 e. The maximum atomic E-state index is 5.75. The van der Waals surface area contributed by atoms with Crippen molar-refractivity contribution >= 4 is 0 Å². The lowest BCUT2D eigenvalue weighted by molar-refractivity contribution is 0.0761. The molecular weight excluding hydrogens is 136 g/mol. The Hall–Kier alpha value is -0.720. The molecule has 60 valence electrons. The number of fused-ring (bicyclic) bond motifs is 1. The molecule has 0 amide bonds. The highest BCUT2D eigenvalue weighted by molar-refractivity contribution is 5.34. The molecule has 1 nitrogen and oxygen atoms in total. The molecule has 0 atom stereocenters. The van der Waals surface area contributed by atoms with Gasteiger partial charge >= 0.3 is 0 Å². The van der Waals surface area contributed by atoms with Crippen LogP contribution in [0.25, 0.3) is 0 Å². The number of allylic oxidation sites excluding steroid dienone is 3. The van der Waals surface area contributed by atoms with Gasteiger partial charge in [-0.05, 0) is 38.3 Å². The van der Waals surface area contributed by atoms with E-state index < -0.39 is 0 Å². The third kappa shape index (κ3) is 1.20. The zero-order valence-corrected chi connectivity index (χ0v) is 7.18.